The molecule has 12 nitrogen and oxygen atoms in total. The fourth-order valence-corrected chi connectivity index (χ4v) is 4.78. The van der Waals surface area contributed by atoms with Gasteiger partial charge in [-0.2, -0.15) is 0 Å². The standard InChI is InChI=1S/C30H41N5O7S/c1-20(31)32-25(18-22-10-12-23(42-3)13-11-22)29(39)33-24(15-17-43(4)41)28(38)34-26(19-21-8-6-5-7-9-21)30(40)35(2)16-14-27(36)37/h5-13,24-26H,14-19H2,1-4H3,(H2,31,32)(H,33,39)(H,34,38)(H,36,37)/t24-,25+,26+,43?/m1/s1. The van der Waals surface area contributed by atoms with Crippen LogP contribution in [-0.2, 0) is 42.8 Å². The zero-order chi connectivity index (χ0) is 31.9. The smallest absolute Gasteiger partial charge is 0.305 e. The lowest BCUT2D eigenvalue weighted by molar-refractivity contribution is -0.139. The van der Waals surface area contributed by atoms with Crippen LogP contribution in [0.2, 0.25) is 0 Å². The van der Waals surface area contributed by atoms with Gasteiger partial charge in [0.2, 0.25) is 17.7 Å². The van der Waals surface area contributed by atoms with Crippen LogP contribution in [0.4, 0.5) is 0 Å². The molecule has 234 valence electrons. The summed E-state index contributed by atoms with van der Waals surface area (Å²) in [5.41, 5.74) is 7.38. The van der Waals surface area contributed by atoms with Gasteiger partial charge in [-0.05, 0) is 36.6 Å². The largest absolute Gasteiger partial charge is 0.497 e. The number of nitrogens with two attached hydrogens (primary N) is 1. The number of amidine groups is 1. The van der Waals surface area contributed by atoms with Crippen molar-refractivity contribution in [2.24, 2.45) is 10.7 Å². The number of hydrogen-bond acceptors (Lipinski definition) is 7. The Balaban J connectivity index is 2.29. The topological polar surface area (TPSA) is 180 Å². The van der Waals surface area contributed by atoms with E-state index in [0.717, 1.165) is 11.1 Å². The highest BCUT2D eigenvalue weighted by Gasteiger charge is 2.30. The van der Waals surface area contributed by atoms with Crippen LogP contribution in [0.1, 0.15) is 30.9 Å². The molecule has 5 N–H and O–H groups in total. The molecular weight excluding hydrogens is 574 g/mol. The number of methoxy groups -OCH3 is 1. The Labute approximate surface area is 254 Å². The lowest BCUT2D eigenvalue weighted by Crippen LogP contribution is -2.56. The van der Waals surface area contributed by atoms with Crippen molar-refractivity contribution in [3.63, 3.8) is 0 Å². The van der Waals surface area contributed by atoms with Gasteiger partial charge in [0.25, 0.3) is 0 Å². The average Bonchev–Trinajstić information content (AvgIpc) is 2.97. The van der Waals surface area contributed by atoms with Gasteiger partial charge in [0.1, 0.15) is 23.9 Å². The summed E-state index contributed by atoms with van der Waals surface area (Å²) >= 11 is 0. The van der Waals surface area contributed by atoms with Crippen LogP contribution in [0.5, 0.6) is 5.75 Å². The number of carbonyl (C=O) groups excluding carboxylic acids is 3. The predicted molar refractivity (Wildman–Crippen MR) is 165 cm³/mol. The van der Waals surface area contributed by atoms with Crippen molar-refractivity contribution in [2.75, 3.05) is 32.7 Å². The molecule has 0 aliphatic rings. The first-order valence-corrected chi connectivity index (χ1v) is 15.5. The van der Waals surface area contributed by atoms with Gasteiger partial charge in [0, 0.05) is 49.2 Å². The molecule has 4 atom stereocenters. The van der Waals surface area contributed by atoms with Crippen LogP contribution >= 0.6 is 0 Å². The fraction of sp³-hybridized carbons (Fsp3) is 0.433. The maximum absolute atomic E-state index is 13.6. The molecule has 0 spiro atoms. The Hall–Kier alpha value is -4.26. The van der Waals surface area contributed by atoms with Crippen molar-refractivity contribution in [2.45, 2.75) is 50.7 Å². The molecule has 0 saturated carbocycles. The quantitative estimate of drug-likeness (QED) is 0.150. The maximum atomic E-state index is 13.6. The number of aliphatic imine (C=N–C) groups is 1. The summed E-state index contributed by atoms with van der Waals surface area (Å²) in [6, 6.07) is 13.0. The van der Waals surface area contributed by atoms with Crippen molar-refractivity contribution < 1.29 is 33.2 Å². The molecule has 0 bridgehead atoms. The zero-order valence-corrected chi connectivity index (χ0v) is 25.8. The van der Waals surface area contributed by atoms with E-state index in [1.54, 1.807) is 62.6 Å². The summed E-state index contributed by atoms with van der Waals surface area (Å²) < 4.78 is 17.1. The second-order valence-corrected chi connectivity index (χ2v) is 11.7. The third-order valence-corrected chi connectivity index (χ3v) is 7.32. The third kappa shape index (κ3) is 12.6. The first kappa shape index (κ1) is 34.9. The number of carboxylic acids is 1. The van der Waals surface area contributed by atoms with E-state index in [0.29, 0.717) is 5.75 Å². The van der Waals surface area contributed by atoms with Crippen LogP contribution in [0, 0.1) is 0 Å². The molecule has 0 saturated heterocycles. The van der Waals surface area contributed by atoms with Gasteiger partial charge in [0.15, 0.2) is 0 Å². The Bertz CT molecular complexity index is 1280. The second-order valence-electron chi connectivity index (χ2n) is 10.1. The molecule has 0 heterocycles. The molecule has 2 aromatic carbocycles. The van der Waals surface area contributed by atoms with Gasteiger partial charge in [0.05, 0.1) is 19.4 Å². The van der Waals surface area contributed by atoms with Gasteiger partial charge in [-0.1, -0.05) is 42.5 Å². The number of nitrogens with zero attached hydrogens (tertiary/aromatic N) is 2. The van der Waals surface area contributed by atoms with Crippen LogP contribution in [0.25, 0.3) is 0 Å². The normalized spacial score (nSPS) is 14.1. The Kier molecular flexibility index (Phi) is 14.3. The van der Waals surface area contributed by atoms with Gasteiger partial charge < -0.3 is 31.1 Å². The van der Waals surface area contributed by atoms with Crippen LogP contribution in [-0.4, -0.2) is 94.6 Å². The number of ether oxygens (including phenoxy) is 1. The minimum absolute atomic E-state index is 0.0440. The minimum Gasteiger partial charge on any atom is -0.497 e. The number of carbonyl (C=O) groups is 4. The molecule has 0 aliphatic heterocycles. The molecular formula is C30H41N5O7S. The number of carboxylic acid groups (broad SMARTS) is 1. The first-order valence-electron chi connectivity index (χ1n) is 13.7. The third-order valence-electron chi connectivity index (χ3n) is 6.51. The molecule has 3 amide bonds. The van der Waals surface area contributed by atoms with E-state index in [4.69, 9.17) is 15.6 Å². The molecule has 13 heteroatoms. The van der Waals surface area contributed by atoms with Crippen molar-refractivity contribution in [1.82, 2.24) is 15.5 Å². The van der Waals surface area contributed by atoms with Crippen LogP contribution in [0.15, 0.2) is 59.6 Å². The Morgan fingerprint density at radius 1 is 0.977 bits per heavy atom. The highest BCUT2D eigenvalue weighted by Crippen LogP contribution is 2.14. The number of hydrogen-bond donors (Lipinski definition) is 4. The summed E-state index contributed by atoms with van der Waals surface area (Å²) in [7, 11) is 1.75. The number of aliphatic carboxylic acids is 1. The van der Waals surface area contributed by atoms with Gasteiger partial charge >= 0.3 is 5.97 Å². The van der Waals surface area contributed by atoms with E-state index in [2.05, 4.69) is 15.6 Å². The highest BCUT2D eigenvalue weighted by atomic mass is 32.2. The summed E-state index contributed by atoms with van der Waals surface area (Å²) in [4.78, 5) is 57.0. The predicted octanol–water partition coefficient (Wildman–Crippen LogP) is 0.897. The van der Waals surface area contributed by atoms with Crippen molar-refractivity contribution in [3.05, 3.63) is 65.7 Å². The summed E-state index contributed by atoms with van der Waals surface area (Å²) in [6.07, 6.45) is 1.61. The van der Waals surface area contributed by atoms with Gasteiger partial charge in [-0.25, -0.2) is 0 Å². The molecule has 0 fully saturated rings. The minimum atomic E-state index is -1.26. The van der Waals surface area contributed by atoms with Crippen molar-refractivity contribution >= 4 is 40.3 Å². The molecule has 1 unspecified atom stereocenters. The Morgan fingerprint density at radius 2 is 1.58 bits per heavy atom. The average molecular weight is 616 g/mol. The van der Waals surface area contributed by atoms with Crippen molar-refractivity contribution in [3.8, 4) is 5.75 Å². The summed E-state index contributed by atoms with van der Waals surface area (Å²) in [5.74, 6) is -1.79. The number of rotatable bonds is 17. The molecule has 43 heavy (non-hydrogen) atoms. The number of benzene rings is 2. The van der Waals surface area contributed by atoms with E-state index < -0.39 is 52.6 Å². The SMILES string of the molecule is COc1ccc(C[C@H](N=C(C)N)C(=O)N[C@H](CCS(C)=O)C(=O)N[C@@H](Cc2ccccc2)C(=O)N(C)CCC(=O)O)cc1. The van der Waals surface area contributed by atoms with E-state index in [1.165, 1.54) is 18.2 Å². The molecule has 0 aromatic heterocycles. The summed E-state index contributed by atoms with van der Waals surface area (Å²) in [6.45, 7) is 1.51. The highest BCUT2D eigenvalue weighted by molar-refractivity contribution is 7.84. The molecule has 2 aromatic rings. The Morgan fingerprint density at radius 3 is 2.14 bits per heavy atom. The maximum Gasteiger partial charge on any atom is 0.305 e. The van der Waals surface area contributed by atoms with Gasteiger partial charge in [-0.15, -0.1) is 0 Å². The van der Waals surface area contributed by atoms with E-state index in [9.17, 15) is 23.4 Å². The van der Waals surface area contributed by atoms with Crippen LogP contribution in [0.3, 0.4) is 0 Å². The molecule has 0 radical (unpaired) electrons. The monoisotopic (exact) mass is 615 g/mol. The van der Waals surface area contributed by atoms with E-state index in [-0.39, 0.29) is 43.8 Å². The fourth-order valence-electron chi connectivity index (χ4n) is 4.21. The molecule has 0 aliphatic carbocycles. The number of likely N-dealkylation sites (N-methyl/N-ethyl adjacent to an activating group) is 1. The lowest BCUT2D eigenvalue weighted by Gasteiger charge is -2.27. The lowest BCUT2D eigenvalue weighted by atomic mass is 10.0. The van der Waals surface area contributed by atoms with Crippen molar-refractivity contribution in [1.29, 1.82) is 0 Å². The first-order chi connectivity index (χ1) is 20.4. The van der Waals surface area contributed by atoms with E-state index in [1.807, 2.05) is 6.07 Å². The van der Waals surface area contributed by atoms with Crippen LogP contribution < -0.4 is 21.1 Å². The summed E-state index contributed by atoms with van der Waals surface area (Å²) in [5, 5.41) is 14.5. The molecule has 2 rings (SSSR count). The van der Waals surface area contributed by atoms with Gasteiger partial charge in [-0.3, -0.25) is 28.4 Å². The number of nitrogens with one attached hydrogen (secondary N) is 2. The van der Waals surface area contributed by atoms with E-state index >= 15 is 0 Å². The zero-order valence-electron chi connectivity index (χ0n) is 24.9. The number of amides is 3. The second kappa shape index (κ2) is 17.6.